The summed E-state index contributed by atoms with van der Waals surface area (Å²) in [7, 11) is 0. The lowest BCUT2D eigenvalue weighted by atomic mass is 9.83. The molecule has 1 aliphatic rings. The minimum atomic E-state index is -1.31. The zero-order chi connectivity index (χ0) is 11.6. The first kappa shape index (κ1) is 11.6. The summed E-state index contributed by atoms with van der Waals surface area (Å²) in [6, 6.07) is -0.0227. The molecule has 16 heavy (non-hydrogen) atoms. The molecular formula is C12H20FN3. The van der Waals surface area contributed by atoms with E-state index in [2.05, 4.69) is 11.9 Å². The predicted molar refractivity (Wildman–Crippen MR) is 61.7 cm³/mol. The molecule has 2 atom stereocenters. The number of alkyl halides is 1. The molecular weight excluding hydrogens is 205 g/mol. The predicted octanol–water partition coefficient (Wildman–Crippen LogP) is 2.36. The molecule has 1 aromatic heterocycles. The molecule has 2 N–H and O–H groups in total. The molecule has 0 amide bonds. The van der Waals surface area contributed by atoms with Crippen LogP contribution in [0.5, 0.6) is 0 Å². The van der Waals surface area contributed by atoms with Crippen LogP contribution in [0.25, 0.3) is 0 Å². The van der Waals surface area contributed by atoms with Gasteiger partial charge in [-0.2, -0.15) is 0 Å². The largest absolute Gasteiger partial charge is 0.332 e. The van der Waals surface area contributed by atoms with Crippen molar-refractivity contribution >= 4 is 0 Å². The first-order valence-corrected chi connectivity index (χ1v) is 6.12. The average Bonchev–Trinajstić information content (AvgIpc) is 2.67. The normalized spacial score (nSPS) is 30.6. The average molecular weight is 225 g/mol. The Kier molecular flexibility index (Phi) is 3.28. The smallest absolute Gasteiger partial charge is 0.169 e. The number of rotatable bonds is 3. The second-order valence-electron chi connectivity index (χ2n) is 4.77. The van der Waals surface area contributed by atoms with Gasteiger partial charge < -0.3 is 10.3 Å². The Morgan fingerprint density at radius 3 is 3.19 bits per heavy atom. The summed E-state index contributed by atoms with van der Waals surface area (Å²) in [5.74, 6) is 0.574. The number of aromatic nitrogens is 2. The van der Waals surface area contributed by atoms with Crippen molar-refractivity contribution in [1.82, 2.24) is 9.55 Å². The van der Waals surface area contributed by atoms with Crippen molar-refractivity contribution in [2.45, 2.75) is 57.3 Å². The molecule has 1 fully saturated rings. The molecule has 0 bridgehead atoms. The molecule has 1 heterocycles. The molecule has 3 nitrogen and oxygen atoms in total. The molecule has 0 saturated heterocycles. The van der Waals surface area contributed by atoms with Crippen LogP contribution in [0.1, 0.15) is 44.9 Å². The Labute approximate surface area is 95.9 Å². The van der Waals surface area contributed by atoms with Gasteiger partial charge in [-0.3, -0.25) is 0 Å². The summed E-state index contributed by atoms with van der Waals surface area (Å²) in [6.45, 7) is 2.91. The summed E-state index contributed by atoms with van der Waals surface area (Å²) in [5, 5.41) is 0. The molecule has 1 aromatic rings. The Hall–Kier alpha value is -0.900. The lowest BCUT2D eigenvalue weighted by molar-refractivity contribution is 0.0802. The van der Waals surface area contributed by atoms with Crippen LogP contribution in [-0.4, -0.2) is 15.6 Å². The second kappa shape index (κ2) is 4.53. The number of hydrogen-bond donors (Lipinski definition) is 1. The SMILES string of the molecule is CCCn1ccnc1C1(F)CCCC(N)C1. The van der Waals surface area contributed by atoms with Crippen molar-refractivity contribution in [3.8, 4) is 0 Å². The van der Waals surface area contributed by atoms with Crippen LogP contribution in [0.2, 0.25) is 0 Å². The zero-order valence-corrected chi connectivity index (χ0v) is 9.82. The van der Waals surface area contributed by atoms with Gasteiger partial charge in [-0.1, -0.05) is 6.92 Å². The number of nitrogens with zero attached hydrogens (tertiary/aromatic N) is 2. The molecule has 0 aromatic carbocycles. The Morgan fingerprint density at radius 1 is 1.69 bits per heavy atom. The molecule has 1 saturated carbocycles. The summed E-state index contributed by atoms with van der Waals surface area (Å²) < 4.78 is 16.7. The number of nitrogens with two attached hydrogens (primary N) is 1. The fraction of sp³-hybridized carbons (Fsp3) is 0.750. The van der Waals surface area contributed by atoms with Gasteiger partial charge in [0.25, 0.3) is 0 Å². The van der Waals surface area contributed by atoms with Gasteiger partial charge in [-0.15, -0.1) is 0 Å². The quantitative estimate of drug-likeness (QED) is 0.858. The number of halogens is 1. The second-order valence-corrected chi connectivity index (χ2v) is 4.77. The number of imidazole rings is 1. The maximum absolute atomic E-state index is 14.8. The van der Waals surface area contributed by atoms with E-state index in [0.717, 1.165) is 25.8 Å². The summed E-state index contributed by atoms with van der Waals surface area (Å²) >= 11 is 0. The Bertz CT molecular complexity index is 350. The highest BCUT2D eigenvalue weighted by Crippen LogP contribution is 2.39. The highest BCUT2D eigenvalue weighted by Gasteiger charge is 2.40. The van der Waals surface area contributed by atoms with E-state index >= 15 is 0 Å². The van der Waals surface area contributed by atoms with Crippen LogP contribution < -0.4 is 5.73 Å². The van der Waals surface area contributed by atoms with Gasteiger partial charge in [0, 0.05) is 31.4 Å². The van der Waals surface area contributed by atoms with Crippen LogP contribution in [0.15, 0.2) is 12.4 Å². The van der Waals surface area contributed by atoms with E-state index < -0.39 is 5.67 Å². The van der Waals surface area contributed by atoms with E-state index in [1.807, 2.05) is 10.8 Å². The van der Waals surface area contributed by atoms with E-state index in [-0.39, 0.29) is 6.04 Å². The van der Waals surface area contributed by atoms with Crippen molar-refractivity contribution in [2.24, 2.45) is 5.73 Å². The van der Waals surface area contributed by atoms with E-state index in [1.54, 1.807) is 6.20 Å². The minimum absolute atomic E-state index is 0.0227. The molecule has 0 aliphatic heterocycles. The monoisotopic (exact) mass is 225 g/mol. The molecule has 90 valence electrons. The molecule has 2 rings (SSSR count). The van der Waals surface area contributed by atoms with Crippen molar-refractivity contribution in [3.63, 3.8) is 0 Å². The maximum Gasteiger partial charge on any atom is 0.169 e. The van der Waals surface area contributed by atoms with E-state index in [1.165, 1.54) is 0 Å². The van der Waals surface area contributed by atoms with Crippen LogP contribution in [-0.2, 0) is 12.2 Å². The third kappa shape index (κ3) is 2.12. The first-order valence-electron chi connectivity index (χ1n) is 6.12. The van der Waals surface area contributed by atoms with Crippen molar-refractivity contribution < 1.29 is 4.39 Å². The van der Waals surface area contributed by atoms with Gasteiger partial charge in [0.15, 0.2) is 5.67 Å². The van der Waals surface area contributed by atoms with E-state index in [0.29, 0.717) is 18.7 Å². The highest BCUT2D eigenvalue weighted by atomic mass is 19.1. The van der Waals surface area contributed by atoms with Gasteiger partial charge in [-0.25, -0.2) is 9.37 Å². The first-order chi connectivity index (χ1) is 7.65. The van der Waals surface area contributed by atoms with Crippen LogP contribution in [0.4, 0.5) is 4.39 Å². The lowest BCUT2D eigenvalue weighted by Crippen LogP contribution is -2.38. The number of hydrogen-bond acceptors (Lipinski definition) is 2. The zero-order valence-electron chi connectivity index (χ0n) is 9.82. The van der Waals surface area contributed by atoms with Crippen LogP contribution in [0.3, 0.4) is 0 Å². The van der Waals surface area contributed by atoms with Crippen LogP contribution in [0, 0.1) is 0 Å². The summed E-state index contributed by atoms with van der Waals surface area (Å²) in [5.41, 5.74) is 4.55. The summed E-state index contributed by atoms with van der Waals surface area (Å²) in [6.07, 6.45) is 7.30. The molecule has 0 spiro atoms. The fourth-order valence-electron chi connectivity index (χ4n) is 2.59. The van der Waals surface area contributed by atoms with Gasteiger partial charge in [0.2, 0.25) is 0 Å². The third-order valence-corrected chi connectivity index (χ3v) is 3.31. The fourth-order valence-corrected chi connectivity index (χ4v) is 2.59. The molecule has 0 radical (unpaired) electrons. The van der Waals surface area contributed by atoms with Crippen molar-refractivity contribution in [1.29, 1.82) is 0 Å². The topological polar surface area (TPSA) is 43.8 Å². The van der Waals surface area contributed by atoms with Gasteiger partial charge >= 0.3 is 0 Å². The molecule has 2 unspecified atom stereocenters. The molecule has 4 heteroatoms. The Balaban J connectivity index is 2.23. The van der Waals surface area contributed by atoms with Gasteiger partial charge in [-0.05, 0) is 25.7 Å². The number of aryl methyl sites for hydroxylation is 1. The lowest BCUT2D eigenvalue weighted by Gasteiger charge is -2.32. The maximum atomic E-state index is 14.8. The van der Waals surface area contributed by atoms with Crippen molar-refractivity contribution in [2.75, 3.05) is 0 Å². The van der Waals surface area contributed by atoms with E-state index in [9.17, 15) is 4.39 Å². The van der Waals surface area contributed by atoms with E-state index in [4.69, 9.17) is 5.73 Å². The van der Waals surface area contributed by atoms with Gasteiger partial charge in [0.1, 0.15) is 5.82 Å². The minimum Gasteiger partial charge on any atom is -0.332 e. The van der Waals surface area contributed by atoms with Crippen LogP contribution >= 0.6 is 0 Å². The van der Waals surface area contributed by atoms with Crippen molar-refractivity contribution in [3.05, 3.63) is 18.2 Å². The van der Waals surface area contributed by atoms with Gasteiger partial charge in [0.05, 0.1) is 0 Å². The standard InChI is InChI=1S/C12H20FN3/c1-2-7-16-8-6-15-11(16)12(13)5-3-4-10(14)9-12/h6,8,10H,2-5,7,9,14H2,1H3. The summed E-state index contributed by atoms with van der Waals surface area (Å²) in [4.78, 5) is 4.20. The molecule has 1 aliphatic carbocycles. The third-order valence-electron chi connectivity index (χ3n) is 3.31. The highest BCUT2D eigenvalue weighted by molar-refractivity contribution is 5.08. The Morgan fingerprint density at radius 2 is 2.50 bits per heavy atom.